The summed E-state index contributed by atoms with van der Waals surface area (Å²) in [6.07, 6.45) is 1.02. The first kappa shape index (κ1) is 16.4. The lowest BCUT2D eigenvalue weighted by Gasteiger charge is -2.06. The van der Waals surface area contributed by atoms with Crippen LogP contribution in [0.1, 0.15) is 30.1 Å². The van der Waals surface area contributed by atoms with Crippen molar-refractivity contribution >= 4 is 23.2 Å². The number of nitro groups is 1. The molecule has 1 aromatic carbocycles. The maximum Gasteiger partial charge on any atom is 0.292 e. The van der Waals surface area contributed by atoms with Crippen molar-refractivity contribution in [3.05, 3.63) is 33.9 Å². The number of amides is 2. The maximum atomic E-state index is 11.8. The zero-order valence-corrected chi connectivity index (χ0v) is 11.7. The van der Waals surface area contributed by atoms with E-state index in [9.17, 15) is 19.7 Å². The number of hydrogen-bond acceptors (Lipinski definition) is 5. The Kier molecular flexibility index (Phi) is 6.12. The van der Waals surface area contributed by atoms with Gasteiger partial charge in [0.05, 0.1) is 4.92 Å². The molecule has 0 aliphatic rings. The van der Waals surface area contributed by atoms with E-state index in [0.717, 1.165) is 6.42 Å². The summed E-state index contributed by atoms with van der Waals surface area (Å²) >= 11 is 0. The number of nitrogen functional groups attached to an aromatic ring is 1. The van der Waals surface area contributed by atoms with Gasteiger partial charge in [-0.05, 0) is 18.6 Å². The van der Waals surface area contributed by atoms with Crippen LogP contribution in [0.4, 0.5) is 11.4 Å². The van der Waals surface area contributed by atoms with Crippen molar-refractivity contribution in [2.45, 2.75) is 19.8 Å². The van der Waals surface area contributed by atoms with Crippen LogP contribution in [0.3, 0.4) is 0 Å². The van der Waals surface area contributed by atoms with Crippen molar-refractivity contribution in [3.63, 3.8) is 0 Å². The largest absolute Gasteiger partial charge is 0.393 e. The highest BCUT2D eigenvalue weighted by Gasteiger charge is 2.14. The molecule has 0 fully saturated rings. The number of nitrogens with zero attached hydrogens (tertiary/aromatic N) is 1. The molecule has 1 rings (SSSR count). The minimum absolute atomic E-state index is 0.0756. The summed E-state index contributed by atoms with van der Waals surface area (Å²) in [5.41, 5.74) is 5.40. The second-order valence-corrected chi connectivity index (χ2v) is 4.39. The Bertz CT molecular complexity index is 545. The number of benzene rings is 1. The number of carbonyl (C=O) groups is 2. The molecule has 0 bridgehead atoms. The van der Waals surface area contributed by atoms with E-state index in [-0.39, 0.29) is 35.8 Å². The molecule has 0 aliphatic carbocycles. The van der Waals surface area contributed by atoms with E-state index >= 15 is 0 Å². The van der Waals surface area contributed by atoms with Gasteiger partial charge in [-0.3, -0.25) is 19.7 Å². The molecule has 0 saturated heterocycles. The van der Waals surface area contributed by atoms with Crippen LogP contribution in [0.15, 0.2) is 18.2 Å². The molecular weight excluding hydrogens is 276 g/mol. The fourth-order valence-corrected chi connectivity index (χ4v) is 1.61. The van der Waals surface area contributed by atoms with Crippen LogP contribution in [0, 0.1) is 10.1 Å². The van der Waals surface area contributed by atoms with Crippen molar-refractivity contribution in [1.82, 2.24) is 10.6 Å². The lowest BCUT2D eigenvalue weighted by molar-refractivity contribution is -0.383. The summed E-state index contributed by atoms with van der Waals surface area (Å²) in [4.78, 5) is 33.1. The first-order valence-corrected chi connectivity index (χ1v) is 6.54. The Morgan fingerprint density at radius 1 is 1.29 bits per heavy atom. The minimum atomic E-state index is -0.616. The standard InChI is InChI=1S/C13H18N4O4/c1-2-6-15-12(18)5-7-16-13(19)9-3-4-11(17(20)21)10(14)8-9/h3-4,8H,2,5-7,14H2,1H3,(H,15,18)(H,16,19). The van der Waals surface area contributed by atoms with Crippen molar-refractivity contribution in [3.8, 4) is 0 Å². The Balaban J connectivity index is 2.51. The summed E-state index contributed by atoms with van der Waals surface area (Å²) in [5.74, 6) is -0.569. The van der Waals surface area contributed by atoms with E-state index < -0.39 is 10.8 Å². The quantitative estimate of drug-likeness (QED) is 0.390. The molecule has 21 heavy (non-hydrogen) atoms. The fraction of sp³-hybridized carbons (Fsp3) is 0.385. The molecule has 2 amide bonds. The van der Waals surface area contributed by atoms with Crippen LogP contribution < -0.4 is 16.4 Å². The van der Waals surface area contributed by atoms with Gasteiger partial charge >= 0.3 is 0 Å². The molecule has 8 nitrogen and oxygen atoms in total. The van der Waals surface area contributed by atoms with Gasteiger partial charge in [-0.1, -0.05) is 6.92 Å². The van der Waals surface area contributed by atoms with Gasteiger partial charge in [-0.25, -0.2) is 0 Å². The molecule has 0 atom stereocenters. The predicted molar refractivity (Wildman–Crippen MR) is 77.8 cm³/mol. The third-order valence-electron chi connectivity index (χ3n) is 2.70. The third kappa shape index (κ3) is 5.09. The molecule has 0 aliphatic heterocycles. The normalized spacial score (nSPS) is 9.95. The van der Waals surface area contributed by atoms with Crippen LogP contribution in [0.25, 0.3) is 0 Å². The fourth-order valence-electron chi connectivity index (χ4n) is 1.61. The number of hydrogen-bond donors (Lipinski definition) is 3. The van der Waals surface area contributed by atoms with Crippen LogP contribution in [-0.2, 0) is 4.79 Å². The Morgan fingerprint density at radius 2 is 2.00 bits per heavy atom. The van der Waals surface area contributed by atoms with Crippen molar-refractivity contribution < 1.29 is 14.5 Å². The third-order valence-corrected chi connectivity index (χ3v) is 2.70. The first-order chi connectivity index (χ1) is 9.95. The topological polar surface area (TPSA) is 127 Å². The molecule has 0 aromatic heterocycles. The number of rotatable bonds is 7. The number of nitro benzene ring substituents is 1. The molecule has 1 aromatic rings. The number of nitrogens with two attached hydrogens (primary N) is 1. The van der Waals surface area contributed by atoms with E-state index in [1.165, 1.54) is 18.2 Å². The summed E-state index contributed by atoms with van der Waals surface area (Å²) < 4.78 is 0. The highest BCUT2D eigenvalue weighted by molar-refractivity contribution is 5.95. The smallest absolute Gasteiger partial charge is 0.292 e. The summed E-state index contributed by atoms with van der Waals surface area (Å²) in [7, 11) is 0. The average molecular weight is 294 g/mol. The predicted octanol–water partition coefficient (Wildman–Crippen LogP) is 0.823. The monoisotopic (exact) mass is 294 g/mol. The first-order valence-electron chi connectivity index (χ1n) is 6.54. The summed E-state index contributed by atoms with van der Waals surface area (Å²) in [6, 6.07) is 3.74. The molecule has 0 radical (unpaired) electrons. The zero-order chi connectivity index (χ0) is 15.8. The molecule has 114 valence electrons. The molecule has 0 heterocycles. The van der Waals surface area contributed by atoms with Gasteiger partial charge in [0.25, 0.3) is 11.6 Å². The van der Waals surface area contributed by atoms with E-state index in [1.807, 2.05) is 6.92 Å². The van der Waals surface area contributed by atoms with Gasteiger partial charge in [-0.2, -0.15) is 0 Å². The van der Waals surface area contributed by atoms with Gasteiger partial charge in [0.15, 0.2) is 0 Å². The minimum Gasteiger partial charge on any atom is -0.393 e. The van der Waals surface area contributed by atoms with Gasteiger partial charge in [-0.15, -0.1) is 0 Å². The van der Waals surface area contributed by atoms with Gasteiger partial charge in [0, 0.05) is 31.1 Å². The van der Waals surface area contributed by atoms with Crippen LogP contribution in [0.5, 0.6) is 0 Å². The molecule has 0 saturated carbocycles. The SMILES string of the molecule is CCCNC(=O)CCNC(=O)c1ccc([N+](=O)[O-])c(N)c1. The molecular formula is C13H18N4O4. The Morgan fingerprint density at radius 3 is 2.57 bits per heavy atom. The molecule has 0 unspecified atom stereocenters. The van der Waals surface area contributed by atoms with E-state index in [0.29, 0.717) is 6.54 Å². The van der Waals surface area contributed by atoms with Crippen molar-refractivity contribution in [1.29, 1.82) is 0 Å². The van der Waals surface area contributed by atoms with Crippen LogP contribution in [0.2, 0.25) is 0 Å². The van der Waals surface area contributed by atoms with E-state index in [1.54, 1.807) is 0 Å². The molecule has 8 heteroatoms. The van der Waals surface area contributed by atoms with Gasteiger partial charge in [0.2, 0.25) is 5.91 Å². The number of carbonyl (C=O) groups excluding carboxylic acids is 2. The number of nitrogens with one attached hydrogen (secondary N) is 2. The average Bonchev–Trinajstić information content (AvgIpc) is 2.44. The van der Waals surface area contributed by atoms with Crippen LogP contribution >= 0.6 is 0 Å². The lowest BCUT2D eigenvalue weighted by Crippen LogP contribution is -2.31. The van der Waals surface area contributed by atoms with Gasteiger partial charge < -0.3 is 16.4 Å². The molecule has 4 N–H and O–H groups in total. The van der Waals surface area contributed by atoms with Gasteiger partial charge in [0.1, 0.15) is 5.69 Å². The highest BCUT2D eigenvalue weighted by atomic mass is 16.6. The second kappa shape index (κ2) is 7.83. The number of anilines is 1. The molecule has 0 spiro atoms. The van der Waals surface area contributed by atoms with E-state index in [4.69, 9.17) is 5.73 Å². The summed E-state index contributed by atoms with van der Waals surface area (Å²) in [6.45, 7) is 2.73. The maximum absolute atomic E-state index is 11.8. The van der Waals surface area contributed by atoms with E-state index in [2.05, 4.69) is 10.6 Å². The highest BCUT2D eigenvalue weighted by Crippen LogP contribution is 2.21. The Hall–Kier alpha value is -2.64. The van der Waals surface area contributed by atoms with Crippen molar-refractivity contribution in [2.75, 3.05) is 18.8 Å². The second-order valence-electron chi connectivity index (χ2n) is 4.39. The lowest BCUT2D eigenvalue weighted by atomic mass is 10.1. The Labute approximate surface area is 121 Å². The zero-order valence-electron chi connectivity index (χ0n) is 11.7. The van der Waals surface area contributed by atoms with Crippen molar-refractivity contribution in [2.24, 2.45) is 0 Å². The summed E-state index contributed by atoms with van der Waals surface area (Å²) in [5, 5.41) is 15.9. The van der Waals surface area contributed by atoms with Crippen LogP contribution in [-0.4, -0.2) is 29.8 Å².